The summed E-state index contributed by atoms with van der Waals surface area (Å²) >= 11 is 3.22. The monoisotopic (exact) mass is 225 g/mol. The third-order valence-corrected chi connectivity index (χ3v) is 3.74. The molecule has 0 aromatic carbocycles. The number of rotatable bonds is 3. The summed E-state index contributed by atoms with van der Waals surface area (Å²) in [5.41, 5.74) is 8.71. The predicted octanol–water partition coefficient (Wildman–Crippen LogP) is 2.68. The topological polar surface area (TPSA) is 51.8 Å². The third-order valence-electron chi connectivity index (χ3n) is 1.96. The standard InChI is InChI=1S/C9H11N3S2/c1-2-6(10)9-12-7(4-13-9)8-3-11-5-14-8/h3-6H,2,10H2,1H3. The fourth-order valence-corrected chi connectivity index (χ4v) is 2.65. The van der Waals surface area contributed by atoms with Crippen molar-refractivity contribution >= 4 is 22.7 Å². The maximum atomic E-state index is 5.90. The number of hydrogen-bond donors (Lipinski definition) is 1. The van der Waals surface area contributed by atoms with Gasteiger partial charge in [0.15, 0.2) is 0 Å². The highest BCUT2D eigenvalue weighted by Crippen LogP contribution is 2.27. The molecule has 0 bridgehead atoms. The van der Waals surface area contributed by atoms with E-state index in [9.17, 15) is 0 Å². The first-order valence-corrected chi connectivity index (χ1v) is 6.17. The highest BCUT2D eigenvalue weighted by molar-refractivity contribution is 7.14. The Balaban J connectivity index is 2.26. The largest absolute Gasteiger partial charge is 0.322 e. The molecule has 1 atom stereocenters. The quantitative estimate of drug-likeness (QED) is 0.873. The lowest BCUT2D eigenvalue weighted by atomic mass is 10.2. The Labute approximate surface area is 90.6 Å². The molecule has 2 aromatic heterocycles. The minimum Gasteiger partial charge on any atom is -0.322 e. The lowest BCUT2D eigenvalue weighted by molar-refractivity contribution is 0.693. The van der Waals surface area contributed by atoms with E-state index in [2.05, 4.69) is 16.9 Å². The van der Waals surface area contributed by atoms with Gasteiger partial charge in [0, 0.05) is 11.6 Å². The molecule has 14 heavy (non-hydrogen) atoms. The molecule has 0 aliphatic carbocycles. The van der Waals surface area contributed by atoms with Gasteiger partial charge in [-0.05, 0) is 6.42 Å². The fraction of sp³-hybridized carbons (Fsp3) is 0.333. The zero-order valence-corrected chi connectivity index (χ0v) is 9.44. The van der Waals surface area contributed by atoms with E-state index in [0.717, 1.165) is 22.0 Å². The number of nitrogens with two attached hydrogens (primary N) is 1. The van der Waals surface area contributed by atoms with Crippen LogP contribution in [0.15, 0.2) is 17.1 Å². The Bertz CT molecular complexity index is 394. The molecule has 0 aliphatic heterocycles. The van der Waals surface area contributed by atoms with Crippen LogP contribution in [0, 0.1) is 0 Å². The Morgan fingerprint density at radius 3 is 3.00 bits per heavy atom. The molecule has 0 amide bonds. The van der Waals surface area contributed by atoms with Gasteiger partial charge in [-0.15, -0.1) is 22.7 Å². The SMILES string of the molecule is CCC(N)c1nc(-c2cncs2)cs1. The lowest BCUT2D eigenvalue weighted by Crippen LogP contribution is -2.07. The van der Waals surface area contributed by atoms with E-state index in [1.54, 1.807) is 22.7 Å². The second-order valence-electron chi connectivity index (χ2n) is 2.95. The summed E-state index contributed by atoms with van der Waals surface area (Å²) in [5.74, 6) is 0. The van der Waals surface area contributed by atoms with Crippen LogP contribution in [0.4, 0.5) is 0 Å². The molecule has 0 saturated carbocycles. The second kappa shape index (κ2) is 4.16. The summed E-state index contributed by atoms with van der Waals surface area (Å²) in [6.45, 7) is 2.07. The average molecular weight is 225 g/mol. The van der Waals surface area contributed by atoms with Crippen LogP contribution in [0.3, 0.4) is 0 Å². The molecule has 5 heteroatoms. The number of aromatic nitrogens is 2. The normalized spacial score (nSPS) is 13.0. The summed E-state index contributed by atoms with van der Waals surface area (Å²) in [7, 11) is 0. The van der Waals surface area contributed by atoms with Crippen molar-refractivity contribution in [1.82, 2.24) is 9.97 Å². The van der Waals surface area contributed by atoms with Crippen LogP contribution in [0.1, 0.15) is 24.4 Å². The molecule has 0 spiro atoms. The molecule has 3 nitrogen and oxygen atoms in total. The number of thiazole rings is 2. The van der Waals surface area contributed by atoms with Crippen molar-refractivity contribution in [2.45, 2.75) is 19.4 Å². The van der Waals surface area contributed by atoms with Gasteiger partial charge < -0.3 is 5.73 Å². The van der Waals surface area contributed by atoms with Crippen LogP contribution in [0.25, 0.3) is 10.6 Å². The first-order chi connectivity index (χ1) is 6.81. The first kappa shape index (κ1) is 9.76. The van der Waals surface area contributed by atoms with Crippen molar-refractivity contribution < 1.29 is 0 Å². The van der Waals surface area contributed by atoms with Crippen molar-refractivity contribution in [2.24, 2.45) is 5.73 Å². The van der Waals surface area contributed by atoms with Gasteiger partial charge in [-0.3, -0.25) is 4.98 Å². The van der Waals surface area contributed by atoms with E-state index in [4.69, 9.17) is 5.73 Å². The van der Waals surface area contributed by atoms with Crippen molar-refractivity contribution in [3.63, 3.8) is 0 Å². The Hall–Kier alpha value is -0.780. The van der Waals surface area contributed by atoms with Gasteiger partial charge in [0.25, 0.3) is 0 Å². The van der Waals surface area contributed by atoms with Gasteiger partial charge in [-0.25, -0.2) is 4.98 Å². The van der Waals surface area contributed by atoms with Gasteiger partial charge in [-0.1, -0.05) is 6.92 Å². The van der Waals surface area contributed by atoms with Crippen LogP contribution < -0.4 is 5.73 Å². The zero-order valence-electron chi connectivity index (χ0n) is 7.80. The predicted molar refractivity (Wildman–Crippen MR) is 60.4 cm³/mol. The van der Waals surface area contributed by atoms with Crippen LogP contribution in [0.5, 0.6) is 0 Å². The van der Waals surface area contributed by atoms with Gasteiger partial charge in [-0.2, -0.15) is 0 Å². The molecule has 0 aliphatic rings. The molecule has 0 radical (unpaired) electrons. The summed E-state index contributed by atoms with van der Waals surface area (Å²) in [5, 5.41) is 3.05. The molecular formula is C9H11N3S2. The van der Waals surface area contributed by atoms with Crippen molar-refractivity contribution in [2.75, 3.05) is 0 Å². The van der Waals surface area contributed by atoms with Crippen LogP contribution in [0.2, 0.25) is 0 Å². The van der Waals surface area contributed by atoms with Gasteiger partial charge >= 0.3 is 0 Å². The Kier molecular flexibility index (Phi) is 2.90. The molecule has 74 valence electrons. The Morgan fingerprint density at radius 2 is 2.36 bits per heavy atom. The molecule has 2 heterocycles. The van der Waals surface area contributed by atoms with Gasteiger partial charge in [0.2, 0.25) is 0 Å². The van der Waals surface area contributed by atoms with Crippen molar-refractivity contribution in [3.05, 3.63) is 22.1 Å². The van der Waals surface area contributed by atoms with E-state index in [1.165, 1.54) is 0 Å². The molecule has 2 aromatic rings. The summed E-state index contributed by atoms with van der Waals surface area (Å²) in [6, 6.07) is 0.0710. The van der Waals surface area contributed by atoms with Crippen molar-refractivity contribution in [3.8, 4) is 10.6 Å². The summed E-state index contributed by atoms with van der Waals surface area (Å²) in [4.78, 5) is 9.62. The summed E-state index contributed by atoms with van der Waals surface area (Å²) < 4.78 is 0. The van der Waals surface area contributed by atoms with E-state index in [0.29, 0.717) is 0 Å². The maximum absolute atomic E-state index is 5.90. The number of nitrogens with zero attached hydrogens (tertiary/aromatic N) is 2. The highest BCUT2D eigenvalue weighted by atomic mass is 32.1. The van der Waals surface area contributed by atoms with E-state index >= 15 is 0 Å². The van der Waals surface area contributed by atoms with E-state index in [1.807, 2.05) is 17.1 Å². The van der Waals surface area contributed by atoms with Gasteiger partial charge in [0.1, 0.15) is 5.01 Å². The summed E-state index contributed by atoms with van der Waals surface area (Å²) in [6.07, 6.45) is 2.76. The maximum Gasteiger partial charge on any atom is 0.110 e. The van der Waals surface area contributed by atoms with Crippen LogP contribution in [-0.2, 0) is 0 Å². The molecule has 0 fully saturated rings. The molecule has 0 saturated heterocycles. The van der Waals surface area contributed by atoms with Gasteiger partial charge in [0.05, 0.1) is 22.1 Å². The smallest absolute Gasteiger partial charge is 0.110 e. The minimum atomic E-state index is 0.0710. The zero-order chi connectivity index (χ0) is 9.97. The molecule has 2 rings (SSSR count). The molecule has 1 unspecified atom stereocenters. The fourth-order valence-electron chi connectivity index (χ4n) is 1.09. The molecule has 2 N–H and O–H groups in total. The lowest BCUT2D eigenvalue weighted by Gasteiger charge is -2.01. The van der Waals surface area contributed by atoms with Crippen LogP contribution in [-0.4, -0.2) is 9.97 Å². The van der Waals surface area contributed by atoms with Crippen molar-refractivity contribution in [1.29, 1.82) is 0 Å². The van der Waals surface area contributed by atoms with E-state index < -0.39 is 0 Å². The first-order valence-electron chi connectivity index (χ1n) is 4.41. The number of hydrogen-bond acceptors (Lipinski definition) is 5. The molecular weight excluding hydrogens is 214 g/mol. The average Bonchev–Trinajstić information content (AvgIpc) is 2.86. The highest BCUT2D eigenvalue weighted by Gasteiger charge is 2.10. The second-order valence-corrected chi connectivity index (χ2v) is 4.73. The minimum absolute atomic E-state index is 0.0710. The third kappa shape index (κ3) is 1.84. The van der Waals surface area contributed by atoms with E-state index in [-0.39, 0.29) is 6.04 Å². The van der Waals surface area contributed by atoms with Crippen LogP contribution >= 0.6 is 22.7 Å². The Morgan fingerprint density at radius 1 is 1.50 bits per heavy atom.